The second-order valence-electron chi connectivity index (χ2n) is 6.05. The monoisotopic (exact) mass is 343 g/mol. The Hall–Kier alpha value is -2.14. The van der Waals surface area contributed by atoms with Crippen molar-refractivity contribution in [2.24, 2.45) is 0 Å². The number of esters is 1. The Morgan fingerprint density at radius 2 is 2.00 bits per heavy atom. The SMILES string of the molecule is CCc1sc(C(=O)O[C@@H](C(=O)NC2CC2)c2ccccc2)cc1C. The number of aryl methyl sites for hydroxylation is 2. The van der Waals surface area contributed by atoms with Crippen LogP contribution in [0, 0.1) is 6.92 Å². The first-order valence-corrected chi connectivity index (χ1v) is 9.05. The van der Waals surface area contributed by atoms with Crippen LogP contribution in [0.1, 0.15) is 51.5 Å². The normalized spacial score (nSPS) is 14.9. The summed E-state index contributed by atoms with van der Waals surface area (Å²) in [5.41, 5.74) is 1.78. The third kappa shape index (κ3) is 3.85. The summed E-state index contributed by atoms with van der Waals surface area (Å²) in [7, 11) is 0. The minimum Gasteiger partial charge on any atom is -0.443 e. The molecule has 0 aliphatic heterocycles. The van der Waals surface area contributed by atoms with Crippen molar-refractivity contribution in [2.45, 2.75) is 45.3 Å². The second kappa shape index (κ2) is 7.18. The van der Waals surface area contributed by atoms with Crippen molar-refractivity contribution in [1.82, 2.24) is 5.32 Å². The van der Waals surface area contributed by atoms with Crippen LogP contribution in [0.25, 0.3) is 0 Å². The molecule has 1 N–H and O–H groups in total. The van der Waals surface area contributed by atoms with Gasteiger partial charge in [-0.2, -0.15) is 0 Å². The molecule has 1 aliphatic carbocycles. The molecule has 24 heavy (non-hydrogen) atoms. The number of carbonyl (C=O) groups excluding carboxylic acids is 2. The van der Waals surface area contributed by atoms with Gasteiger partial charge in [-0.3, -0.25) is 4.79 Å². The van der Waals surface area contributed by atoms with Gasteiger partial charge in [0, 0.05) is 16.5 Å². The number of amides is 1. The van der Waals surface area contributed by atoms with Crippen LogP contribution in [0.3, 0.4) is 0 Å². The molecule has 1 aromatic heterocycles. The molecule has 0 bridgehead atoms. The van der Waals surface area contributed by atoms with Gasteiger partial charge in [0.15, 0.2) is 0 Å². The van der Waals surface area contributed by atoms with E-state index < -0.39 is 12.1 Å². The summed E-state index contributed by atoms with van der Waals surface area (Å²) in [4.78, 5) is 26.7. The standard InChI is InChI=1S/C19H21NO3S/c1-3-15-12(2)11-16(24-15)19(22)23-17(13-7-5-4-6-8-13)18(21)20-14-9-10-14/h4-8,11,14,17H,3,9-10H2,1-2H3,(H,20,21)/t17-/m1/s1. The zero-order valence-corrected chi connectivity index (χ0v) is 14.7. The average molecular weight is 343 g/mol. The lowest BCUT2D eigenvalue weighted by Gasteiger charge is -2.17. The summed E-state index contributed by atoms with van der Waals surface area (Å²) >= 11 is 1.44. The Morgan fingerprint density at radius 3 is 2.58 bits per heavy atom. The summed E-state index contributed by atoms with van der Waals surface area (Å²) < 4.78 is 5.59. The van der Waals surface area contributed by atoms with Crippen LogP contribution in [0.2, 0.25) is 0 Å². The molecule has 5 heteroatoms. The van der Waals surface area contributed by atoms with E-state index in [1.165, 1.54) is 16.2 Å². The number of nitrogens with one attached hydrogen (secondary N) is 1. The first-order chi connectivity index (χ1) is 11.6. The molecule has 0 radical (unpaired) electrons. The Morgan fingerprint density at radius 1 is 1.29 bits per heavy atom. The molecule has 2 aromatic rings. The highest BCUT2D eigenvalue weighted by Gasteiger charge is 2.31. The van der Waals surface area contributed by atoms with E-state index >= 15 is 0 Å². The molecule has 1 heterocycles. The zero-order chi connectivity index (χ0) is 17.1. The van der Waals surface area contributed by atoms with Crippen molar-refractivity contribution in [3.63, 3.8) is 0 Å². The fourth-order valence-electron chi connectivity index (χ4n) is 2.54. The van der Waals surface area contributed by atoms with Gasteiger partial charge in [0.05, 0.1) is 0 Å². The Bertz CT molecular complexity index is 734. The molecular formula is C19H21NO3S. The van der Waals surface area contributed by atoms with Gasteiger partial charge in [0.1, 0.15) is 4.88 Å². The Kier molecular flexibility index (Phi) is 5.00. The second-order valence-corrected chi connectivity index (χ2v) is 7.19. The molecular weight excluding hydrogens is 322 g/mol. The number of hydrogen-bond acceptors (Lipinski definition) is 4. The van der Waals surface area contributed by atoms with E-state index in [1.807, 2.05) is 43.3 Å². The number of benzene rings is 1. The fourth-order valence-corrected chi connectivity index (χ4v) is 3.54. The molecule has 1 amide bonds. The summed E-state index contributed by atoms with van der Waals surface area (Å²) in [6, 6.07) is 11.2. The fraction of sp³-hybridized carbons (Fsp3) is 0.368. The van der Waals surface area contributed by atoms with Crippen molar-refractivity contribution < 1.29 is 14.3 Å². The third-order valence-corrected chi connectivity index (χ3v) is 5.39. The minimum absolute atomic E-state index is 0.220. The Balaban J connectivity index is 1.79. The number of rotatable bonds is 6. The van der Waals surface area contributed by atoms with Gasteiger partial charge in [-0.15, -0.1) is 11.3 Å². The molecule has 0 spiro atoms. The summed E-state index contributed by atoms with van der Waals surface area (Å²) in [6.07, 6.45) is 1.96. The molecule has 4 nitrogen and oxygen atoms in total. The molecule has 0 unspecified atom stereocenters. The van der Waals surface area contributed by atoms with Crippen LogP contribution in [-0.2, 0) is 16.0 Å². The van der Waals surface area contributed by atoms with E-state index in [0.29, 0.717) is 10.4 Å². The average Bonchev–Trinajstić information content (AvgIpc) is 3.32. The number of hydrogen-bond donors (Lipinski definition) is 1. The first kappa shape index (κ1) is 16.7. The van der Waals surface area contributed by atoms with Gasteiger partial charge in [-0.1, -0.05) is 37.3 Å². The molecule has 1 aromatic carbocycles. The zero-order valence-electron chi connectivity index (χ0n) is 13.9. The van der Waals surface area contributed by atoms with Crippen molar-refractivity contribution in [3.05, 3.63) is 57.3 Å². The predicted molar refractivity (Wildman–Crippen MR) is 94.2 cm³/mol. The lowest BCUT2D eigenvalue weighted by molar-refractivity contribution is -0.130. The van der Waals surface area contributed by atoms with Gasteiger partial charge in [-0.25, -0.2) is 4.79 Å². The lowest BCUT2D eigenvalue weighted by atomic mass is 10.1. The van der Waals surface area contributed by atoms with E-state index in [0.717, 1.165) is 24.8 Å². The predicted octanol–water partition coefficient (Wildman–Crippen LogP) is 3.80. The maximum Gasteiger partial charge on any atom is 0.349 e. The first-order valence-electron chi connectivity index (χ1n) is 8.24. The molecule has 1 saturated carbocycles. The number of ether oxygens (including phenoxy) is 1. The van der Waals surface area contributed by atoms with Crippen molar-refractivity contribution in [2.75, 3.05) is 0 Å². The minimum atomic E-state index is -0.910. The van der Waals surface area contributed by atoms with Crippen LogP contribution < -0.4 is 5.32 Å². The number of thiophene rings is 1. The molecule has 0 saturated heterocycles. The van der Waals surface area contributed by atoms with Crippen LogP contribution in [0.15, 0.2) is 36.4 Å². The molecule has 1 aliphatic rings. The highest BCUT2D eigenvalue weighted by molar-refractivity contribution is 7.14. The molecule has 126 valence electrons. The quantitative estimate of drug-likeness (QED) is 0.812. The lowest BCUT2D eigenvalue weighted by Crippen LogP contribution is -2.33. The Labute approximate surface area is 145 Å². The van der Waals surface area contributed by atoms with Gasteiger partial charge < -0.3 is 10.1 Å². The molecule has 1 atom stereocenters. The molecule has 3 rings (SSSR count). The van der Waals surface area contributed by atoms with Crippen LogP contribution in [0.4, 0.5) is 0 Å². The van der Waals surface area contributed by atoms with Gasteiger partial charge in [0.25, 0.3) is 5.91 Å². The van der Waals surface area contributed by atoms with Gasteiger partial charge in [0.2, 0.25) is 6.10 Å². The van der Waals surface area contributed by atoms with Crippen molar-refractivity contribution in [3.8, 4) is 0 Å². The van der Waals surface area contributed by atoms with Crippen LogP contribution >= 0.6 is 11.3 Å². The van der Waals surface area contributed by atoms with E-state index in [2.05, 4.69) is 12.2 Å². The number of carbonyl (C=O) groups is 2. The summed E-state index contributed by atoms with van der Waals surface area (Å²) in [5, 5.41) is 2.92. The van der Waals surface area contributed by atoms with Gasteiger partial charge >= 0.3 is 5.97 Å². The highest BCUT2D eigenvalue weighted by Crippen LogP contribution is 2.27. The van der Waals surface area contributed by atoms with E-state index in [-0.39, 0.29) is 11.9 Å². The van der Waals surface area contributed by atoms with Crippen LogP contribution in [-0.4, -0.2) is 17.9 Å². The van der Waals surface area contributed by atoms with Gasteiger partial charge in [-0.05, 0) is 37.8 Å². The maximum atomic E-state index is 12.5. The van der Waals surface area contributed by atoms with E-state index in [1.54, 1.807) is 0 Å². The van der Waals surface area contributed by atoms with Crippen molar-refractivity contribution in [1.29, 1.82) is 0 Å². The van der Waals surface area contributed by atoms with Crippen LogP contribution in [0.5, 0.6) is 0 Å². The smallest absolute Gasteiger partial charge is 0.349 e. The largest absolute Gasteiger partial charge is 0.443 e. The maximum absolute atomic E-state index is 12.5. The molecule has 1 fully saturated rings. The van der Waals surface area contributed by atoms with E-state index in [9.17, 15) is 9.59 Å². The topological polar surface area (TPSA) is 55.4 Å². The van der Waals surface area contributed by atoms with E-state index in [4.69, 9.17) is 4.74 Å². The summed E-state index contributed by atoms with van der Waals surface area (Å²) in [6.45, 7) is 4.05. The third-order valence-electron chi connectivity index (χ3n) is 4.03. The highest BCUT2D eigenvalue weighted by atomic mass is 32.1. The summed E-state index contributed by atoms with van der Waals surface area (Å²) in [5.74, 6) is -0.691. The van der Waals surface area contributed by atoms with Crippen molar-refractivity contribution >= 4 is 23.2 Å².